The maximum atomic E-state index is 12.4. The van der Waals surface area contributed by atoms with Gasteiger partial charge in [0.2, 0.25) is 11.8 Å². The Hall–Kier alpha value is -3.48. The number of amides is 2. The molecule has 2 heterocycles. The molecule has 0 bridgehead atoms. The summed E-state index contributed by atoms with van der Waals surface area (Å²) in [4.78, 5) is 26.4. The van der Waals surface area contributed by atoms with Gasteiger partial charge in [-0.1, -0.05) is 41.5 Å². The number of nitrogens with zero attached hydrogens (tertiary/aromatic N) is 3. The lowest BCUT2D eigenvalue weighted by atomic mass is 10.1. The van der Waals surface area contributed by atoms with Gasteiger partial charge in [-0.3, -0.25) is 14.9 Å². The number of hydrogen-bond donors (Lipinski definition) is 1. The zero-order valence-electron chi connectivity index (χ0n) is 14.8. The van der Waals surface area contributed by atoms with E-state index >= 15 is 0 Å². The second-order valence-electron chi connectivity index (χ2n) is 6.46. The molecule has 1 atom stereocenters. The Bertz CT molecular complexity index is 984. The van der Waals surface area contributed by atoms with Crippen LogP contribution in [0.2, 0.25) is 0 Å². The second-order valence-corrected chi connectivity index (χ2v) is 6.46. The molecule has 1 aliphatic rings. The zero-order valence-corrected chi connectivity index (χ0v) is 14.8. The predicted molar refractivity (Wildman–Crippen MR) is 99.6 cm³/mol. The molecule has 1 aliphatic heterocycles. The smallest absolute Gasteiger partial charge is 0.322 e. The first-order chi connectivity index (χ1) is 13.1. The number of carbonyl (C=O) groups excluding carboxylic acids is 2. The summed E-state index contributed by atoms with van der Waals surface area (Å²) in [5.74, 6) is -0.150. The lowest BCUT2D eigenvalue weighted by Gasteiger charge is -2.15. The van der Waals surface area contributed by atoms with Gasteiger partial charge < -0.3 is 9.32 Å². The molecule has 0 spiro atoms. The molecule has 7 nitrogen and oxygen atoms in total. The number of benzene rings is 2. The van der Waals surface area contributed by atoms with E-state index in [0.29, 0.717) is 24.4 Å². The highest BCUT2D eigenvalue weighted by molar-refractivity contribution is 6.04. The lowest BCUT2D eigenvalue weighted by molar-refractivity contribution is -0.117. The molecular weight excluding hydrogens is 344 g/mol. The molecule has 1 saturated heterocycles. The number of rotatable bonds is 4. The molecule has 1 N–H and O–H groups in total. The molecule has 0 saturated carbocycles. The molecule has 2 amide bonds. The fourth-order valence-corrected chi connectivity index (χ4v) is 3.17. The summed E-state index contributed by atoms with van der Waals surface area (Å²) in [5.41, 5.74) is 2.25. The van der Waals surface area contributed by atoms with E-state index in [1.54, 1.807) is 17.0 Å². The van der Waals surface area contributed by atoms with E-state index in [1.807, 2.05) is 49.4 Å². The Labute approximate surface area is 156 Å². The average Bonchev–Trinajstić information content (AvgIpc) is 3.29. The molecular formula is C20H18N4O3. The van der Waals surface area contributed by atoms with E-state index in [1.165, 1.54) is 0 Å². The summed E-state index contributed by atoms with van der Waals surface area (Å²) in [5, 5.41) is 10.5. The normalized spacial score (nSPS) is 16.6. The molecule has 1 aromatic heterocycles. The highest BCUT2D eigenvalue weighted by Gasteiger charge is 2.35. The standard InChI is InChI=1S/C20H18N4O3/c1-13-7-5-6-10-16(13)18(26)21-20-23-22-19(27-20)14-11-17(25)24(12-14)15-8-3-2-4-9-15/h2-10,14H,11-12H2,1H3,(H,21,23,26)/t14-/m1/s1. The molecule has 136 valence electrons. The molecule has 7 heteroatoms. The number of nitrogens with one attached hydrogen (secondary N) is 1. The predicted octanol–water partition coefficient (Wildman–Crippen LogP) is 3.15. The van der Waals surface area contributed by atoms with Crippen molar-refractivity contribution in [1.82, 2.24) is 10.2 Å². The van der Waals surface area contributed by atoms with E-state index in [9.17, 15) is 9.59 Å². The van der Waals surface area contributed by atoms with Crippen LogP contribution in [0.25, 0.3) is 0 Å². The first-order valence-electron chi connectivity index (χ1n) is 8.67. The monoisotopic (exact) mass is 362 g/mol. The van der Waals surface area contributed by atoms with Crippen molar-refractivity contribution in [1.29, 1.82) is 0 Å². The van der Waals surface area contributed by atoms with Gasteiger partial charge in [-0.2, -0.15) is 0 Å². The van der Waals surface area contributed by atoms with E-state index in [0.717, 1.165) is 11.3 Å². The van der Waals surface area contributed by atoms with Crippen molar-refractivity contribution in [3.8, 4) is 0 Å². The SMILES string of the molecule is Cc1ccccc1C(=O)Nc1nnc([C@@H]2CC(=O)N(c3ccccc3)C2)o1. The topological polar surface area (TPSA) is 88.3 Å². The van der Waals surface area contributed by atoms with Gasteiger partial charge in [0, 0.05) is 24.2 Å². The number of carbonyl (C=O) groups is 2. The van der Waals surface area contributed by atoms with Crippen LogP contribution in [0.5, 0.6) is 0 Å². The minimum atomic E-state index is -0.309. The summed E-state index contributed by atoms with van der Waals surface area (Å²) in [6.07, 6.45) is 0.294. The molecule has 4 rings (SSSR count). The van der Waals surface area contributed by atoms with Gasteiger partial charge in [-0.15, -0.1) is 5.10 Å². The lowest BCUT2D eigenvalue weighted by Crippen LogP contribution is -2.24. The van der Waals surface area contributed by atoms with Gasteiger partial charge in [-0.25, -0.2) is 0 Å². The van der Waals surface area contributed by atoms with Gasteiger partial charge in [0.05, 0.1) is 5.92 Å². The third-order valence-electron chi connectivity index (χ3n) is 4.59. The number of aryl methyl sites for hydroxylation is 1. The maximum Gasteiger partial charge on any atom is 0.322 e. The summed E-state index contributed by atoms with van der Waals surface area (Å²) < 4.78 is 5.60. The quantitative estimate of drug-likeness (QED) is 0.770. The average molecular weight is 362 g/mol. The summed E-state index contributed by atoms with van der Waals surface area (Å²) in [6, 6.07) is 16.8. The van der Waals surface area contributed by atoms with Gasteiger partial charge in [0.25, 0.3) is 5.91 Å². The number of anilines is 2. The van der Waals surface area contributed by atoms with E-state index in [-0.39, 0.29) is 23.7 Å². The van der Waals surface area contributed by atoms with Crippen LogP contribution >= 0.6 is 0 Å². The molecule has 0 aliphatic carbocycles. The highest BCUT2D eigenvalue weighted by Crippen LogP contribution is 2.31. The van der Waals surface area contributed by atoms with Crippen LogP contribution in [-0.2, 0) is 4.79 Å². The summed E-state index contributed by atoms with van der Waals surface area (Å²) >= 11 is 0. The minimum Gasteiger partial charge on any atom is -0.407 e. The van der Waals surface area contributed by atoms with Crippen molar-refractivity contribution < 1.29 is 14.0 Å². The number of hydrogen-bond acceptors (Lipinski definition) is 5. The first-order valence-corrected chi connectivity index (χ1v) is 8.67. The van der Waals surface area contributed by atoms with Crippen LogP contribution in [0.3, 0.4) is 0 Å². The second kappa shape index (κ2) is 7.03. The Morgan fingerprint density at radius 1 is 1.11 bits per heavy atom. The fourth-order valence-electron chi connectivity index (χ4n) is 3.17. The van der Waals surface area contributed by atoms with Crippen molar-refractivity contribution in [2.75, 3.05) is 16.8 Å². The largest absolute Gasteiger partial charge is 0.407 e. The van der Waals surface area contributed by atoms with Crippen molar-refractivity contribution in [2.45, 2.75) is 19.3 Å². The minimum absolute atomic E-state index is 0.00916. The molecule has 0 unspecified atom stereocenters. The fraction of sp³-hybridized carbons (Fsp3) is 0.200. The summed E-state index contributed by atoms with van der Waals surface area (Å²) in [7, 11) is 0. The van der Waals surface area contributed by atoms with Gasteiger partial charge >= 0.3 is 6.01 Å². The third kappa shape index (κ3) is 3.44. The summed E-state index contributed by atoms with van der Waals surface area (Å²) in [6.45, 7) is 2.33. The van der Waals surface area contributed by atoms with Crippen molar-refractivity contribution in [3.05, 3.63) is 71.6 Å². The Kier molecular flexibility index (Phi) is 4.42. The molecule has 27 heavy (non-hydrogen) atoms. The molecule has 1 fully saturated rings. The zero-order chi connectivity index (χ0) is 18.8. The van der Waals surface area contributed by atoms with Crippen molar-refractivity contribution in [2.24, 2.45) is 0 Å². The third-order valence-corrected chi connectivity index (χ3v) is 4.59. The number of para-hydroxylation sites is 1. The molecule has 2 aromatic carbocycles. The van der Waals surface area contributed by atoms with Gasteiger partial charge in [0.1, 0.15) is 0 Å². The van der Waals surface area contributed by atoms with E-state index in [2.05, 4.69) is 15.5 Å². The molecule has 0 radical (unpaired) electrons. The van der Waals surface area contributed by atoms with Crippen LogP contribution < -0.4 is 10.2 Å². The van der Waals surface area contributed by atoms with Gasteiger partial charge in [-0.05, 0) is 30.7 Å². The number of aromatic nitrogens is 2. The maximum absolute atomic E-state index is 12.4. The van der Waals surface area contributed by atoms with Crippen LogP contribution in [0.4, 0.5) is 11.7 Å². The van der Waals surface area contributed by atoms with E-state index in [4.69, 9.17) is 4.42 Å². The van der Waals surface area contributed by atoms with Crippen molar-refractivity contribution in [3.63, 3.8) is 0 Å². The molecule has 3 aromatic rings. The Morgan fingerprint density at radius 3 is 2.63 bits per heavy atom. The van der Waals surface area contributed by atoms with E-state index < -0.39 is 0 Å². The van der Waals surface area contributed by atoms with Crippen LogP contribution in [0, 0.1) is 6.92 Å². The van der Waals surface area contributed by atoms with Crippen molar-refractivity contribution >= 4 is 23.5 Å². The van der Waals surface area contributed by atoms with Crippen LogP contribution in [-0.4, -0.2) is 28.6 Å². The van der Waals surface area contributed by atoms with Crippen LogP contribution in [0.15, 0.2) is 59.0 Å². The first kappa shape index (κ1) is 17.0. The Balaban J connectivity index is 1.46. The highest BCUT2D eigenvalue weighted by atomic mass is 16.4. The van der Waals surface area contributed by atoms with Gasteiger partial charge in [0.15, 0.2) is 0 Å². The van der Waals surface area contributed by atoms with Crippen LogP contribution in [0.1, 0.15) is 34.2 Å². The Morgan fingerprint density at radius 2 is 1.85 bits per heavy atom.